The maximum atomic E-state index is 12.4. The van der Waals surface area contributed by atoms with Gasteiger partial charge in [-0.1, -0.05) is 12.1 Å². The summed E-state index contributed by atoms with van der Waals surface area (Å²) in [5, 5.41) is 4.13. The summed E-state index contributed by atoms with van der Waals surface area (Å²) in [6.45, 7) is 2.50. The van der Waals surface area contributed by atoms with E-state index in [-0.39, 0.29) is 5.75 Å². The maximum Gasteiger partial charge on any atom is 0.387 e. The molecule has 0 saturated heterocycles. The molecule has 22 heavy (non-hydrogen) atoms. The summed E-state index contributed by atoms with van der Waals surface area (Å²) in [5.41, 5.74) is 5.30. The molecule has 0 spiro atoms. The Balaban J connectivity index is 2.22. The van der Waals surface area contributed by atoms with Gasteiger partial charge >= 0.3 is 6.61 Å². The number of nitrogens with one attached hydrogen (secondary N) is 1. The highest BCUT2D eigenvalue weighted by Crippen LogP contribution is 2.21. The molecular formula is C15H16F2N4O. The second-order valence-corrected chi connectivity index (χ2v) is 4.66. The number of halogens is 2. The molecule has 0 fully saturated rings. The Morgan fingerprint density at radius 1 is 1.18 bits per heavy atom. The summed E-state index contributed by atoms with van der Waals surface area (Å²) in [6, 6.07) is 8.30. The summed E-state index contributed by atoms with van der Waals surface area (Å²) in [5.74, 6) is 0.422. The van der Waals surface area contributed by atoms with Crippen LogP contribution in [0, 0.1) is 13.8 Å². The predicted octanol–water partition coefficient (Wildman–Crippen LogP) is 3.53. The zero-order chi connectivity index (χ0) is 16.1. The summed E-state index contributed by atoms with van der Waals surface area (Å²) in [7, 11) is 0. The van der Waals surface area contributed by atoms with E-state index in [1.807, 2.05) is 19.9 Å². The second-order valence-electron chi connectivity index (χ2n) is 4.66. The highest BCUT2D eigenvalue weighted by Gasteiger charge is 2.11. The van der Waals surface area contributed by atoms with Gasteiger partial charge in [-0.05, 0) is 39.0 Å². The highest BCUT2D eigenvalue weighted by molar-refractivity contribution is 6.01. The molecule has 0 aliphatic heterocycles. The normalized spacial score (nSPS) is 11.6. The van der Waals surface area contributed by atoms with Gasteiger partial charge in [-0.25, -0.2) is 15.4 Å². The SMILES string of the molecule is C/C(=N/Nc1nc(C)cc(C)n1)c1ccccc1OC(F)F. The number of hydrogen-bond acceptors (Lipinski definition) is 5. The number of alkyl halides is 2. The van der Waals surface area contributed by atoms with E-state index in [1.54, 1.807) is 25.1 Å². The van der Waals surface area contributed by atoms with Crippen LogP contribution in [0.15, 0.2) is 35.4 Å². The van der Waals surface area contributed by atoms with Crippen LogP contribution in [0.2, 0.25) is 0 Å². The molecule has 0 radical (unpaired) electrons. The lowest BCUT2D eigenvalue weighted by atomic mass is 10.1. The minimum Gasteiger partial charge on any atom is -0.434 e. The number of hydrazone groups is 1. The largest absolute Gasteiger partial charge is 0.434 e. The molecule has 0 amide bonds. The molecule has 0 bridgehead atoms. The van der Waals surface area contributed by atoms with Gasteiger partial charge in [0.15, 0.2) is 0 Å². The van der Waals surface area contributed by atoms with Crippen LogP contribution in [0.5, 0.6) is 5.75 Å². The second kappa shape index (κ2) is 6.93. The standard InChI is InChI=1S/C15H16F2N4O/c1-9-8-10(2)19-15(18-9)21-20-11(3)12-6-4-5-7-13(12)22-14(16)17/h4-8,14H,1-3H3,(H,18,19,21)/b20-11-. The molecule has 116 valence electrons. The quantitative estimate of drug-likeness (QED) is 0.678. The van der Waals surface area contributed by atoms with Crippen LogP contribution in [0.25, 0.3) is 0 Å². The van der Waals surface area contributed by atoms with Crippen LogP contribution < -0.4 is 10.2 Å². The molecule has 1 N–H and O–H groups in total. The van der Waals surface area contributed by atoms with Gasteiger partial charge in [0.2, 0.25) is 5.95 Å². The Labute approximate surface area is 127 Å². The predicted molar refractivity (Wildman–Crippen MR) is 80.4 cm³/mol. The molecule has 0 atom stereocenters. The van der Waals surface area contributed by atoms with E-state index in [4.69, 9.17) is 0 Å². The van der Waals surface area contributed by atoms with Crippen LogP contribution >= 0.6 is 0 Å². The van der Waals surface area contributed by atoms with E-state index in [1.165, 1.54) is 6.07 Å². The minimum absolute atomic E-state index is 0.0712. The third-order valence-corrected chi connectivity index (χ3v) is 2.80. The van der Waals surface area contributed by atoms with Gasteiger partial charge < -0.3 is 4.74 Å². The zero-order valence-corrected chi connectivity index (χ0v) is 12.5. The number of benzene rings is 1. The first kappa shape index (κ1) is 15.8. The van der Waals surface area contributed by atoms with Gasteiger partial charge in [0, 0.05) is 17.0 Å². The lowest BCUT2D eigenvalue weighted by Crippen LogP contribution is -2.08. The summed E-state index contributed by atoms with van der Waals surface area (Å²) in [4.78, 5) is 8.38. The molecule has 0 aliphatic rings. The average Bonchev–Trinajstić information content (AvgIpc) is 2.44. The number of aromatic nitrogens is 2. The van der Waals surface area contributed by atoms with Crippen molar-refractivity contribution in [1.82, 2.24) is 9.97 Å². The van der Waals surface area contributed by atoms with Crippen LogP contribution in [-0.2, 0) is 0 Å². The van der Waals surface area contributed by atoms with E-state index in [0.29, 0.717) is 17.2 Å². The monoisotopic (exact) mass is 306 g/mol. The molecule has 7 heteroatoms. The number of rotatable bonds is 5. The third kappa shape index (κ3) is 4.21. The summed E-state index contributed by atoms with van der Waals surface area (Å²) < 4.78 is 29.3. The maximum absolute atomic E-state index is 12.4. The number of para-hydroxylation sites is 1. The topological polar surface area (TPSA) is 59.4 Å². The molecule has 0 saturated carbocycles. The van der Waals surface area contributed by atoms with Crippen LogP contribution in [0.3, 0.4) is 0 Å². The summed E-state index contributed by atoms with van der Waals surface area (Å²) >= 11 is 0. The van der Waals surface area contributed by atoms with Gasteiger partial charge in [-0.15, -0.1) is 0 Å². The van der Waals surface area contributed by atoms with Crippen molar-refractivity contribution in [2.45, 2.75) is 27.4 Å². The fourth-order valence-electron chi connectivity index (χ4n) is 1.93. The Morgan fingerprint density at radius 2 is 1.82 bits per heavy atom. The van der Waals surface area contributed by atoms with Crippen LogP contribution in [0.1, 0.15) is 23.9 Å². The molecule has 5 nitrogen and oxygen atoms in total. The van der Waals surface area contributed by atoms with Crippen molar-refractivity contribution in [3.8, 4) is 5.75 Å². The van der Waals surface area contributed by atoms with Gasteiger partial charge in [-0.2, -0.15) is 13.9 Å². The first-order valence-corrected chi connectivity index (χ1v) is 6.62. The molecule has 0 aliphatic carbocycles. The highest BCUT2D eigenvalue weighted by atomic mass is 19.3. The van der Waals surface area contributed by atoms with Gasteiger partial charge in [-0.3, -0.25) is 0 Å². The van der Waals surface area contributed by atoms with E-state index < -0.39 is 6.61 Å². The van der Waals surface area contributed by atoms with Gasteiger partial charge in [0.1, 0.15) is 5.75 Å². The molecule has 1 heterocycles. The lowest BCUT2D eigenvalue weighted by Gasteiger charge is -2.10. The number of nitrogens with zero attached hydrogens (tertiary/aromatic N) is 3. The fourth-order valence-corrected chi connectivity index (χ4v) is 1.93. The third-order valence-electron chi connectivity index (χ3n) is 2.80. The van der Waals surface area contributed by atoms with E-state index in [0.717, 1.165) is 11.4 Å². The van der Waals surface area contributed by atoms with Crippen LogP contribution in [0.4, 0.5) is 14.7 Å². The molecule has 1 aromatic carbocycles. The van der Waals surface area contributed by atoms with E-state index in [9.17, 15) is 8.78 Å². The van der Waals surface area contributed by atoms with Crippen molar-refractivity contribution in [1.29, 1.82) is 0 Å². The Bertz CT molecular complexity index is 669. The first-order chi connectivity index (χ1) is 10.5. The van der Waals surface area contributed by atoms with Gasteiger partial charge in [0.05, 0.1) is 5.71 Å². The smallest absolute Gasteiger partial charge is 0.387 e. The van der Waals surface area contributed by atoms with Crippen molar-refractivity contribution < 1.29 is 13.5 Å². The molecular weight excluding hydrogens is 290 g/mol. The van der Waals surface area contributed by atoms with E-state index in [2.05, 4.69) is 25.2 Å². The van der Waals surface area contributed by atoms with E-state index >= 15 is 0 Å². The van der Waals surface area contributed by atoms with Crippen LogP contribution in [-0.4, -0.2) is 22.3 Å². The number of anilines is 1. The number of aryl methyl sites for hydroxylation is 2. The van der Waals surface area contributed by atoms with Crippen molar-refractivity contribution in [3.05, 3.63) is 47.3 Å². The Kier molecular flexibility index (Phi) is 4.98. The Morgan fingerprint density at radius 3 is 2.45 bits per heavy atom. The lowest BCUT2D eigenvalue weighted by molar-refractivity contribution is -0.0499. The van der Waals surface area contributed by atoms with Crippen molar-refractivity contribution in [3.63, 3.8) is 0 Å². The molecule has 2 aromatic rings. The van der Waals surface area contributed by atoms with Crippen molar-refractivity contribution >= 4 is 11.7 Å². The Hall–Kier alpha value is -2.57. The molecule has 0 unspecified atom stereocenters. The van der Waals surface area contributed by atoms with Crippen molar-refractivity contribution in [2.75, 3.05) is 5.43 Å². The average molecular weight is 306 g/mol. The van der Waals surface area contributed by atoms with Crippen molar-refractivity contribution in [2.24, 2.45) is 5.10 Å². The summed E-state index contributed by atoms with van der Waals surface area (Å²) in [6.07, 6.45) is 0. The number of hydrogen-bond donors (Lipinski definition) is 1. The fraction of sp³-hybridized carbons (Fsp3) is 0.267. The first-order valence-electron chi connectivity index (χ1n) is 6.62. The minimum atomic E-state index is -2.88. The molecule has 2 rings (SSSR count). The number of ether oxygens (including phenoxy) is 1. The van der Waals surface area contributed by atoms with Gasteiger partial charge in [0.25, 0.3) is 0 Å². The zero-order valence-electron chi connectivity index (χ0n) is 12.5. The molecule has 1 aromatic heterocycles.